The fourth-order valence-corrected chi connectivity index (χ4v) is 4.10. The van der Waals surface area contributed by atoms with E-state index < -0.39 is 0 Å². The Morgan fingerprint density at radius 2 is 1.25 bits per heavy atom. The fourth-order valence-electron chi connectivity index (χ4n) is 4.10. The molecule has 0 spiro atoms. The molecule has 0 atom stereocenters. The second kappa shape index (κ2) is 14.4. The molecule has 1 aromatic carbocycles. The lowest BCUT2D eigenvalue weighted by molar-refractivity contribution is -0.678. The van der Waals surface area contributed by atoms with E-state index in [1.807, 2.05) is 0 Å². The maximum absolute atomic E-state index is 2.41. The minimum Gasteiger partial charge on any atom is -0.237 e. The van der Waals surface area contributed by atoms with E-state index in [0.717, 1.165) is 6.54 Å². The van der Waals surface area contributed by atoms with Crippen molar-refractivity contribution in [2.75, 3.05) is 0 Å². The van der Waals surface area contributed by atoms with Crippen LogP contribution in [0.1, 0.15) is 102 Å². The van der Waals surface area contributed by atoms with Gasteiger partial charge in [0.1, 0.15) is 18.9 Å². The Hall–Kier alpha value is -1.57. The van der Waals surface area contributed by atoms with Crippen LogP contribution in [0.2, 0.25) is 0 Å². The Labute approximate surface area is 174 Å². The number of aryl methyl sites for hydroxylation is 1. The van der Waals surface area contributed by atoms with Gasteiger partial charge in [0.15, 0.2) is 0 Å². The van der Waals surface area contributed by atoms with E-state index in [9.17, 15) is 0 Å². The first-order chi connectivity index (χ1) is 13.8. The summed E-state index contributed by atoms with van der Waals surface area (Å²) < 4.78 is 4.71. The van der Waals surface area contributed by atoms with Crippen molar-refractivity contribution in [1.29, 1.82) is 0 Å². The molecule has 0 aliphatic heterocycles. The molecule has 0 amide bonds. The van der Waals surface area contributed by atoms with Crippen LogP contribution in [0.15, 0.2) is 42.7 Å². The van der Waals surface area contributed by atoms with E-state index in [0.29, 0.717) is 0 Å². The number of rotatable bonds is 16. The molecule has 1 aromatic heterocycles. The Bertz CT molecular complexity index is 615. The molecule has 0 fully saturated rings. The molecule has 28 heavy (non-hydrogen) atoms. The number of nitrogens with zero attached hydrogens (tertiary/aromatic N) is 2. The van der Waals surface area contributed by atoms with E-state index in [1.165, 1.54) is 101 Å². The highest BCUT2D eigenvalue weighted by Crippen LogP contribution is 2.13. The van der Waals surface area contributed by atoms with Gasteiger partial charge >= 0.3 is 0 Å². The molecule has 0 radical (unpaired) electrons. The normalized spacial score (nSPS) is 11.2. The molecule has 2 heteroatoms. The minimum absolute atomic E-state index is 0.982. The number of hydrogen-bond donors (Lipinski definition) is 0. The van der Waals surface area contributed by atoms with Crippen LogP contribution in [0.3, 0.4) is 0 Å². The lowest BCUT2D eigenvalue weighted by Crippen LogP contribution is -2.32. The molecule has 0 bridgehead atoms. The molecule has 2 rings (SSSR count). The van der Waals surface area contributed by atoms with Crippen molar-refractivity contribution in [2.24, 2.45) is 7.05 Å². The summed E-state index contributed by atoms with van der Waals surface area (Å²) in [5, 5.41) is 0. The minimum atomic E-state index is 0.982. The zero-order valence-corrected chi connectivity index (χ0v) is 18.5. The molecule has 0 saturated carbocycles. The van der Waals surface area contributed by atoms with Crippen molar-refractivity contribution < 1.29 is 4.57 Å². The molecule has 0 aliphatic rings. The molecule has 0 N–H and O–H groups in total. The zero-order chi connectivity index (χ0) is 19.9. The van der Waals surface area contributed by atoms with E-state index in [1.54, 1.807) is 0 Å². The Balaban J connectivity index is 1.51. The van der Waals surface area contributed by atoms with E-state index in [2.05, 4.69) is 65.8 Å². The highest BCUT2D eigenvalue weighted by Gasteiger charge is 2.14. The van der Waals surface area contributed by atoms with Crippen LogP contribution in [0.4, 0.5) is 0 Å². The van der Waals surface area contributed by atoms with E-state index in [4.69, 9.17) is 0 Å². The van der Waals surface area contributed by atoms with Gasteiger partial charge in [-0.1, -0.05) is 114 Å². The zero-order valence-electron chi connectivity index (χ0n) is 18.5. The highest BCUT2D eigenvalue weighted by atomic mass is 15.1. The topological polar surface area (TPSA) is 8.81 Å². The van der Waals surface area contributed by atoms with Crippen molar-refractivity contribution in [2.45, 2.75) is 103 Å². The number of hydrogen-bond acceptors (Lipinski definition) is 0. The van der Waals surface area contributed by atoms with Gasteiger partial charge in [-0.2, -0.15) is 0 Å². The van der Waals surface area contributed by atoms with Gasteiger partial charge in [0.25, 0.3) is 5.82 Å². The molecule has 0 aliphatic carbocycles. The van der Waals surface area contributed by atoms with E-state index in [-0.39, 0.29) is 0 Å². The average molecular weight is 384 g/mol. The van der Waals surface area contributed by atoms with E-state index >= 15 is 0 Å². The third kappa shape index (κ3) is 9.08. The van der Waals surface area contributed by atoms with Crippen LogP contribution in [0.5, 0.6) is 0 Å². The van der Waals surface area contributed by atoms with Gasteiger partial charge in [-0.25, -0.2) is 9.13 Å². The van der Waals surface area contributed by atoms with Crippen molar-refractivity contribution in [3.05, 3.63) is 54.1 Å². The lowest BCUT2D eigenvalue weighted by atomic mass is 10.0. The third-order valence-electron chi connectivity index (χ3n) is 5.91. The maximum atomic E-state index is 2.41. The van der Waals surface area contributed by atoms with Crippen LogP contribution in [-0.4, -0.2) is 4.57 Å². The standard InChI is InChI=1S/C26H43N2/c1-3-4-5-6-7-8-9-10-11-12-13-14-18-21-26-27(2)22-23-28(26)24-25-19-16-15-17-20-25/h15-17,19-20,22-23H,3-14,18,21,24H2,1-2H3/q+1. The molecular weight excluding hydrogens is 340 g/mol. The average Bonchev–Trinajstić information content (AvgIpc) is 3.05. The smallest absolute Gasteiger partial charge is 0.237 e. The molecule has 0 saturated heterocycles. The first-order valence-corrected chi connectivity index (χ1v) is 11.9. The molecule has 1 heterocycles. The van der Waals surface area contributed by atoms with Crippen molar-refractivity contribution in [3.63, 3.8) is 0 Å². The summed E-state index contributed by atoms with van der Waals surface area (Å²) in [6.07, 6.45) is 24.1. The Morgan fingerprint density at radius 3 is 1.82 bits per heavy atom. The van der Waals surface area contributed by atoms with Crippen LogP contribution in [0.25, 0.3) is 0 Å². The molecule has 2 nitrogen and oxygen atoms in total. The predicted molar refractivity (Wildman–Crippen MR) is 121 cm³/mol. The maximum Gasteiger partial charge on any atom is 0.256 e. The van der Waals surface area contributed by atoms with Crippen LogP contribution < -0.4 is 4.57 Å². The van der Waals surface area contributed by atoms with Gasteiger partial charge in [-0.15, -0.1) is 0 Å². The highest BCUT2D eigenvalue weighted by molar-refractivity contribution is 5.15. The number of aromatic nitrogens is 2. The first kappa shape index (κ1) is 22.7. The summed E-state index contributed by atoms with van der Waals surface area (Å²) in [5.74, 6) is 1.45. The largest absolute Gasteiger partial charge is 0.256 e. The summed E-state index contributed by atoms with van der Waals surface area (Å²) >= 11 is 0. The van der Waals surface area contributed by atoms with Crippen LogP contribution in [0, 0.1) is 0 Å². The Morgan fingerprint density at radius 1 is 0.714 bits per heavy atom. The first-order valence-electron chi connectivity index (χ1n) is 11.9. The number of unbranched alkanes of at least 4 members (excludes halogenated alkanes) is 12. The summed E-state index contributed by atoms with van der Waals surface area (Å²) in [6, 6.07) is 10.8. The van der Waals surface area contributed by atoms with Gasteiger partial charge in [-0.3, -0.25) is 0 Å². The van der Waals surface area contributed by atoms with Gasteiger partial charge in [0.05, 0.1) is 7.05 Å². The third-order valence-corrected chi connectivity index (χ3v) is 5.91. The molecule has 0 unspecified atom stereocenters. The van der Waals surface area contributed by atoms with Gasteiger partial charge in [0.2, 0.25) is 0 Å². The van der Waals surface area contributed by atoms with Gasteiger partial charge in [-0.05, 0) is 12.0 Å². The van der Waals surface area contributed by atoms with Crippen molar-refractivity contribution in [1.82, 2.24) is 4.57 Å². The van der Waals surface area contributed by atoms with Crippen molar-refractivity contribution >= 4 is 0 Å². The SMILES string of the molecule is CCCCCCCCCCCCCCCc1n(Cc2ccccc2)cc[n+]1C. The summed E-state index contributed by atoms with van der Waals surface area (Å²) in [5.41, 5.74) is 1.38. The molecule has 2 aromatic rings. The predicted octanol–water partition coefficient (Wildman–Crippen LogP) is 6.99. The number of benzene rings is 1. The van der Waals surface area contributed by atoms with Gasteiger partial charge in [0, 0.05) is 6.42 Å². The molecular formula is C26H43N2+. The lowest BCUT2D eigenvalue weighted by Gasteiger charge is -2.05. The van der Waals surface area contributed by atoms with Crippen molar-refractivity contribution in [3.8, 4) is 0 Å². The van der Waals surface area contributed by atoms with Crippen LogP contribution >= 0.6 is 0 Å². The second-order valence-corrected chi connectivity index (χ2v) is 8.43. The summed E-state index contributed by atoms with van der Waals surface area (Å²) in [4.78, 5) is 0. The van der Waals surface area contributed by atoms with Gasteiger partial charge < -0.3 is 0 Å². The monoisotopic (exact) mass is 383 g/mol. The summed E-state index contributed by atoms with van der Waals surface area (Å²) in [6.45, 7) is 3.28. The molecule has 156 valence electrons. The fraction of sp³-hybridized carbons (Fsp3) is 0.654. The number of imidazole rings is 1. The second-order valence-electron chi connectivity index (χ2n) is 8.43. The summed E-state index contributed by atoms with van der Waals surface area (Å²) in [7, 11) is 2.18. The Kier molecular flexibility index (Phi) is 11.7. The van der Waals surface area contributed by atoms with Crippen LogP contribution in [-0.2, 0) is 20.0 Å². The quantitative estimate of drug-likeness (QED) is 0.218.